The van der Waals surface area contributed by atoms with Crippen molar-refractivity contribution < 1.29 is 14.3 Å². The second-order valence-electron chi connectivity index (χ2n) is 4.48. The lowest BCUT2D eigenvalue weighted by molar-refractivity contribution is -0.130. The number of hydrogen-bond donors (Lipinski definition) is 0. The van der Waals surface area contributed by atoms with Gasteiger partial charge in [-0.05, 0) is 12.1 Å². The van der Waals surface area contributed by atoms with Gasteiger partial charge < -0.3 is 9.64 Å². The zero-order valence-electron chi connectivity index (χ0n) is 10.5. The second-order valence-corrected chi connectivity index (χ2v) is 4.48. The fraction of sp³-hybridized carbons (Fsp3) is 0.429. The van der Waals surface area contributed by atoms with Crippen LogP contribution in [0.4, 0.5) is 0 Å². The van der Waals surface area contributed by atoms with Gasteiger partial charge in [0.15, 0.2) is 0 Å². The fourth-order valence-corrected chi connectivity index (χ4v) is 2.08. The number of amides is 1. The highest BCUT2D eigenvalue weighted by atomic mass is 16.5. The molecule has 1 aromatic carbocycles. The van der Waals surface area contributed by atoms with Crippen molar-refractivity contribution in [2.45, 2.75) is 25.9 Å². The molecule has 0 spiro atoms. The molecule has 2 rings (SSSR count). The van der Waals surface area contributed by atoms with Crippen LogP contribution in [0.25, 0.3) is 0 Å². The van der Waals surface area contributed by atoms with Crippen LogP contribution in [0.1, 0.15) is 30.1 Å². The summed E-state index contributed by atoms with van der Waals surface area (Å²) in [5, 5.41) is 0. The van der Waals surface area contributed by atoms with Crippen molar-refractivity contribution in [2.75, 3.05) is 13.1 Å². The Kier molecular flexibility index (Phi) is 3.97. The summed E-state index contributed by atoms with van der Waals surface area (Å²) in [5.41, 5.74) is 0.575. The molecule has 0 saturated carbocycles. The van der Waals surface area contributed by atoms with Gasteiger partial charge in [-0.1, -0.05) is 18.2 Å². The van der Waals surface area contributed by atoms with Crippen LogP contribution in [-0.4, -0.2) is 36.0 Å². The summed E-state index contributed by atoms with van der Waals surface area (Å²) in [4.78, 5) is 24.8. The molecule has 1 saturated heterocycles. The lowest BCUT2D eigenvalue weighted by atomic mass is 10.1. The van der Waals surface area contributed by atoms with Crippen LogP contribution < -0.4 is 0 Å². The van der Waals surface area contributed by atoms with E-state index in [-0.39, 0.29) is 18.0 Å². The molecule has 1 heterocycles. The van der Waals surface area contributed by atoms with Crippen LogP contribution in [0.5, 0.6) is 0 Å². The van der Waals surface area contributed by atoms with Crippen molar-refractivity contribution >= 4 is 11.9 Å². The number of esters is 1. The van der Waals surface area contributed by atoms with Crippen molar-refractivity contribution in [3.05, 3.63) is 35.9 Å². The quantitative estimate of drug-likeness (QED) is 0.749. The van der Waals surface area contributed by atoms with Crippen molar-refractivity contribution in [1.82, 2.24) is 4.90 Å². The topological polar surface area (TPSA) is 46.6 Å². The number of benzene rings is 1. The Bertz CT molecular complexity index is 422. The number of carbonyl (C=O) groups excluding carboxylic acids is 2. The van der Waals surface area contributed by atoms with Gasteiger partial charge in [-0.15, -0.1) is 0 Å². The molecule has 0 N–H and O–H groups in total. The maximum absolute atomic E-state index is 11.8. The summed E-state index contributed by atoms with van der Waals surface area (Å²) in [6, 6.07) is 8.98. The summed E-state index contributed by atoms with van der Waals surface area (Å²) < 4.78 is 5.43. The Balaban J connectivity index is 1.85. The second kappa shape index (κ2) is 5.67. The first-order valence-corrected chi connectivity index (χ1v) is 6.18. The first-order chi connectivity index (χ1) is 8.66. The molecule has 1 aliphatic heterocycles. The van der Waals surface area contributed by atoms with E-state index in [1.54, 1.807) is 24.0 Å². The van der Waals surface area contributed by atoms with Crippen LogP contribution in [0.3, 0.4) is 0 Å². The van der Waals surface area contributed by atoms with E-state index in [4.69, 9.17) is 4.74 Å². The normalized spacial score (nSPS) is 16.4. The van der Waals surface area contributed by atoms with Gasteiger partial charge in [0, 0.05) is 32.9 Å². The van der Waals surface area contributed by atoms with Gasteiger partial charge in [0.05, 0.1) is 5.56 Å². The number of ether oxygens (including phenoxy) is 1. The van der Waals surface area contributed by atoms with Crippen LogP contribution >= 0.6 is 0 Å². The van der Waals surface area contributed by atoms with E-state index in [1.807, 2.05) is 18.2 Å². The Morgan fingerprint density at radius 3 is 2.33 bits per heavy atom. The van der Waals surface area contributed by atoms with Crippen LogP contribution in [0, 0.1) is 0 Å². The molecule has 0 bridgehead atoms. The minimum Gasteiger partial charge on any atom is -0.459 e. The van der Waals surface area contributed by atoms with E-state index >= 15 is 0 Å². The van der Waals surface area contributed by atoms with Gasteiger partial charge in [-0.2, -0.15) is 0 Å². The predicted octanol–water partition coefficient (Wildman–Crippen LogP) is 1.85. The maximum Gasteiger partial charge on any atom is 0.338 e. The molecule has 4 nitrogen and oxygen atoms in total. The molecule has 1 aromatic rings. The summed E-state index contributed by atoms with van der Waals surface area (Å²) in [7, 11) is 0. The Labute approximate surface area is 107 Å². The van der Waals surface area contributed by atoms with E-state index in [0.29, 0.717) is 18.7 Å². The smallest absolute Gasteiger partial charge is 0.338 e. The highest BCUT2D eigenvalue weighted by Gasteiger charge is 2.23. The van der Waals surface area contributed by atoms with E-state index in [1.165, 1.54) is 0 Å². The molecular weight excluding hydrogens is 230 g/mol. The maximum atomic E-state index is 11.8. The first-order valence-electron chi connectivity index (χ1n) is 6.18. The lowest BCUT2D eigenvalue weighted by Crippen LogP contribution is -2.40. The van der Waals surface area contributed by atoms with Crippen LogP contribution in [0.15, 0.2) is 30.3 Å². The average molecular weight is 247 g/mol. The highest BCUT2D eigenvalue weighted by Crippen LogP contribution is 2.15. The minimum atomic E-state index is -0.281. The molecule has 0 aliphatic carbocycles. The van der Waals surface area contributed by atoms with E-state index in [0.717, 1.165) is 12.8 Å². The van der Waals surface area contributed by atoms with Crippen molar-refractivity contribution in [3.8, 4) is 0 Å². The fourth-order valence-electron chi connectivity index (χ4n) is 2.08. The van der Waals surface area contributed by atoms with Crippen molar-refractivity contribution in [2.24, 2.45) is 0 Å². The molecule has 1 aliphatic rings. The Hall–Kier alpha value is -1.84. The van der Waals surface area contributed by atoms with E-state index in [9.17, 15) is 9.59 Å². The third kappa shape index (κ3) is 3.09. The zero-order chi connectivity index (χ0) is 13.0. The van der Waals surface area contributed by atoms with E-state index in [2.05, 4.69) is 0 Å². The zero-order valence-corrected chi connectivity index (χ0v) is 10.5. The Morgan fingerprint density at radius 2 is 1.78 bits per heavy atom. The van der Waals surface area contributed by atoms with Gasteiger partial charge in [-0.25, -0.2) is 4.79 Å². The molecule has 0 radical (unpaired) electrons. The molecular formula is C14H17NO3. The van der Waals surface area contributed by atoms with E-state index < -0.39 is 0 Å². The van der Waals surface area contributed by atoms with Gasteiger partial charge in [0.25, 0.3) is 0 Å². The van der Waals surface area contributed by atoms with Gasteiger partial charge in [0.2, 0.25) is 5.91 Å². The highest BCUT2D eigenvalue weighted by molar-refractivity contribution is 5.89. The molecule has 18 heavy (non-hydrogen) atoms. The number of likely N-dealkylation sites (tertiary alicyclic amines) is 1. The molecule has 1 amide bonds. The number of carbonyl (C=O) groups is 2. The predicted molar refractivity (Wildman–Crippen MR) is 67.1 cm³/mol. The van der Waals surface area contributed by atoms with Gasteiger partial charge >= 0.3 is 5.97 Å². The Morgan fingerprint density at radius 1 is 1.17 bits per heavy atom. The number of rotatable bonds is 2. The summed E-state index contributed by atoms with van der Waals surface area (Å²) >= 11 is 0. The van der Waals surface area contributed by atoms with Crippen molar-refractivity contribution in [1.29, 1.82) is 0 Å². The molecule has 0 aromatic heterocycles. The third-order valence-electron chi connectivity index (χ3n) is 3.17. The first kappa shape index (κ1) is 12.6. The molecule has 4 heteroatoms. The molecule has 0 atom stereocenters. The largest absolute Gasteiger partial charge is 0.459 e. The number of nitrogens with zero attached hydrogens (tertiary/aromatic N) is 1. The summed E-state index contributed by atoms with van der Waals surface area (Å²) in [6.45, 7) is 2.90. The lowest BCUT2D eigenvalue weighted by Gasteiger charge is -2.30. The van der Waals surface area contributed by atoms with Gasteiger partial charge in [0.1, 0.15) is 6.10 Å². The SMILES string of the molecule is CC(=O)N1CCC(OC(=O)c2ccccc2)CC1. The van der Waals surface area contributed by atoms with Crippen LogP contribution in [0.2, 0.25) is 0 Å². The minimum absolute atomic E-state index is 0.0756. The molecule has 1 fully saturated rings. The number of hydrogen-bond acceptors (Lipinski definition) is 3. The summed E-state index contributed by atoms with van der Waals surface area (Å²) in [5.74, 6) is -0.195. The average Bonchev–Trinajstić information content (AvgIpc) is 2.40. The van der Waals surface area contributed by atoms with Crippen molar-refractivity contribution in [3.63, 3.8) is 0 Å². The van der Waals surface area contributed by atoms with Crippen LogP contribution in [-0.2, 0) is 9.53 Å². The third-order valence-corrected chi connectivity index (χ3v) is 3.17. The molecule has 0 unspecified atom stereocenters. The number of piperidine rings is 1. The standard InChI is InChI=1S/C14H17NO3/c1-11(16)15-9-7-13(8-10-15)18-14(17)12-5-3-2-4-6-12/h2-6,13H,7-10H2,1H3. The molecule has 96 valence electrons. The monoisotopic (exact) mass is 247 g/mol. The summed E-state index contributed by atoms with van der Waals surface area (Å²) in [6.07, 6.45) is 1.37. The van der Waals surface area contributed by atoms with Gasteiger partial charge in [-0.3, -0.25) is 4.79 Å².